The molecule has 75 valence electrons. The zero-order valence-corrected chi connectivity index (χ0v) is 8.72. The number of carbonyl (C=O) groups is 1. The van der Waals surface area contributed by atoms with E-state index in [9.17, 15) is 13.2 Å². The normalized spacial score (nSPS) is 11.0. The van der Waals surface area contributed by atoms with E-state index in [1.807, 2.05) is 0 Å². The highest BCUT2D eigenvalue weighted by Crippen LogP contribution is 2.19. The van der Waals surface area contributed by atoms with Crippen LogP contribution in [0.1, 0.15) is 6.92 Å². The van der Waals surface area contributed by atoms with Crippen molar-refractivity contribution in [2.45, 2.75) is 11.8 Å². The third kappa shape index (κ3) is 3.01. The molecule has 0 spiro atoms. The molecule has 0 saturated carbocycles. The molecule has 0 saturated heterocycles. The summed E-state index contributed by atoms with van der Waals surface area (Å²) in [7, 11) is 1.23. The summed E-state index contributed by atoms with van der Waals surface area (Å²) in [6.45, 7) is 1.21. The fraction of sp³-hybridized carbons (Fsp3) is 0.125. The molecule has 0 aromatic heterocycles. The maximum absolute atomic E-state index is 10.9. The third-order valence-electron chi connectivity index (χ3n) is 1.27. The van der Waals surface area contributed by atoms with Gasteiger partial charge in [0.25, 0.3) is 9.05 Å². The second-order valence-corrected chi connectivity index (χ2v) is 4.95. The number of hydrogen-bond donors (Lipinski definition) is 0. The lowest BCUT2D eigenvalue weighted by Gasteiger charge is -2.01. The largest absolute Gasteiger partial charge is 0.427 e. The predicted molar refractivity (Wildman–Crippen MR) is 49.6 cm³/mol. The second-order valence-electron chi connectivity index (χ2n) is 2.42. The molecule has 0 amide bonds. The predicted octanol–water partition coefficient (Wildman–Crippen LogP) is 1.34. The Hall–Kier alpha value is -1.07. The Labute approximate surface area is 85.9 Å². The molecule has 0 fully saturated rings. The van der Waals surface area contributed by atoms with E-state index in [2.05, 4.69) is 10.8 Å². The quantitative estimate of drug-likeness (QED) is 0.439. The van der Waals surface area contributed by atoms with Gasteiger partial charge in [0.1, 0.15) is 5.75 Å². The van der Waals surface area contributed by atoms with E-state index in [0.717, 1.165) is 6.07 Å². The Morgan fingerprint density at radius 2 is 2.21 bits per heavy atom. The van der Waals surface area contributed by atoms with Gasteiger partial charge in [-0.2, -0.15) is 0 Å². The number of rotatable bonds is 2. The first-order valence-electron chi connectivity index (χ1n) is 3.54. The van der Waals surface area contributed by atoms with E-state index in [1.165, 1.54) is 19.1 Å². The van der Waals surface area contributed by atoms with E-state index in [4.69, 9.17) is 10.7 Å². The average molecular weight is 234 g/mol. The van der Waals surface area contributed by atoms with Crippen LogP contribution in [-0.2, 0) is 13.8 Å². The monoisotopic (exact) mass is 233 g/mol. The van der Waals surface area contributed by atoms with Gasteiger partial charge in [0.05, 0.1) is 4.90 Å². The molecule has 1 rings (SSSR count). The van der Waals surface area contributed by atoms with Crippen LogP contribution in [0.3, 0.4) is 0 Å². The van der Waals surface area contributed by atoms with Crippen LogP contribution in [0.15, 0.2) is 23.1 Å². The molecule has 0 unspecified atom stereocenters. The SMILES string of the molecule is CC(=O)Oc1cc[c]c(S(=O)(=O)Cl)c1. The van der Waals surface area contributed by atoms with Crippen molar-refractivity contribution in [3.8, 4) is 5.75 Å². The Morgan fingerprint density at radius 1 is 1.57 bits per heavy atom. The van der Waals surface area contributed by atoms with Crippen LogP contribution in [0, 0.1) is 6.07 Å². The average Bonchev–Trinajstić information content (AvgIpc) is 2.01. The van der Waals surface area contributed by atoms with E-state index in [-0.39, 0.29) is 10.6 Å². The van der Waals surface area contributed by atoms with Crippen molar-refractivity contribution in [3.05, 3.63) is 24.3 Å². The highest BCUT2D eigenvalue weighted by molar-refractivity contribution is 8.13. The van der Waals surface area contributed by atoms with Crippen LogP contribution >= 0.6 is 10.7 Å². The van der Waals surface area contributed by atoms with Crippen LogP contribution in [0.2, 0.25) is 0 Å². The molecule has 0 aliphatic heterocycles. The lowest BCUT2D eigenvalue weighted by Crippen LogP contribution is -2.02. The van der Waals surface area contributed by atoms with Gasteiger partial charge < -0.3 is 4.74 Å². The van der Waals surface area contributed by atoms with Crippen molar-refractivity contribution >= 4 is 25.7 Å². The maximum atomic E-state index is 10.9. The summed E-state index contributed by atoms with van der Waals surface area (Å²) in [5, 5.41) is 0. The van der Waals surface area contributed by atoms with Crippen LogP contribution in [0.25, 0.3) is 0 Å². The lowest BCUT2D eigenvalue weighted by atomic mass is 10.3. The lowest BCUT2D eigenvalue weighted by molar-refractivity contribution is -0.131. The highest BCUT2D eigenvalue weighted by atomic mass is 35.7. The smallest absolute Gasteiger partial charge is 0.308 e. The van der Waals surface area contributed by atoms with Gasteiger partial charge >= 0.3 is 5.97 Å². The molecule has 1 aromatic carbocycles. The Bertz CT molecular complexity index is 452. The molecule has 0 aliphatic rings. The van der Waals surface area contributed by atoms with Gasteiger partial charge in [-0.05, 0) is 12.1 Å². The Balaban J connectivity index is 3.08. The topological polar surface area (TPSA) is 60.4 Å². The minimum absolute atomic E-state index is 0.121. The first-order valence-corrected chi connectivity index (χ1v) is 5.85. The molecule has 0 heterocycles. The fourth-order valence-electron chi connectivity index (χ4n) is 0.795. The van der Waals surface area contributed by atoms with E-state index in [0.29, 0.717) is 0 Å². The molecule has 0 N–H and O–H groups in total. The van der Waals surface area contributed by atoms with Crippen molar-refractivity contribution in [2.75, 3.05) is 0 Å². The van der Waals surface area contributed by atoms with Crippen molar-refractivity contribution < 1.29 is 17.9 Å². The van der Waals surface area contributed by atoms with Gasteiger partial charge in [-0.3, -0.25) is 4.79 Å². The second kappa shape index (κ2) is 3.98. The summed E-state index contributed by atoms with van der Waals surface area (Å²) >= 11 is 0. The van der Waals surface area contributed by atoms with Crippen molar-refractivity contribution in [1.29, 1.82) is 0 Å². The van der Waals surface area contributed by atoms with Gasteiger partial charge in [-0.1, -0.05) is 0 Å². The first kappa shape index (κ1) is 11.0. The molecule has 6 heteroatoms. The molecular weight excluding hydrogens is 228 g/mol. The van der Waals surface area contributed by atoms with Crippen LogP contribution in [0.5, 0.6) is 5.75 Å². The number of ether oxygens (including phenoxy) is 1. The minimum atomic E-state index is -3.84. The number of carbonyl (C=O) groups excluding carboxylic acids is 1. The summed E-state index contributed by atoms with van der Waals surface area (Å²) < 4.78 is 26.4. The molecular formula is C8H6ClO4S. The van der Waals surface area contributed by atoms with Gasteiger partial charge in [0.15, 0.2) is 0 Å². The standard InChI is InChI=1S/C8H6ClO4S/c1-6(10)13-7-3-2-4-8(5-7)14(9,11)12/h2-3,5H,1H3. The number of esters is 1. The highest BCUT2D eigenvalue weighted by Gasteiger charge is 2.11. The molecule has 0 aliphatic carbocycles. The summed E-state index contributed by atoms with van der Waals surface area (Å²) in [5.74, 6) is -0.412. The maximum Gasteiger partial charge on any atom is 0.308 e. The summed E-state index contributed by atoms with van der Waals surface area (Å²) in [4.78, 5) is 10.3. The van der Waals surface area contributed by atoms with Crippen molar-refractivity contribution in [1.82, 2.24) is 0 Å². The minimum Gasteiger partial charge on any atom is -0.427 e. The van der Waals surface area contributed by atoms with Gasteiger partial charge in [0, 0.05) is 29.7 Å². The van der Waals surface area contributed by atoms with Crippen molar-refractivity contribution in [2.24, 2.45) is 0 Å². The van der Waals surface area contributed by atoms with Gasteiger partial charge in [-0.25, -0.2) is 8.42 Å². The molecule has 0 atom stereocenters. The van der Waals surface area contributed by atoms with E-state index < -0.39 is 15.0 Å². The summed E-state index contributed by atoms with van der Waals surface area (Å²) in [6, 6.07) is 6.26. The first-order chi connectivity index (χ1) is 6.39. The molecule has 0 bridgehead atoms. The Kier molecular flexibility index (Phi) is 3.13. The van der Waals surface area contributed by atoms with E-state index in [1.54, 1.807) is 0 Å². The van der Waals surface area contributed by atoms with Crippen LogP contribution in [0.4, 0.5) is 0 Å². The third-order valence-corrected chi connectivity index (χ3v) is 2.53. The zero-order valence-electron chi connectivity index (χ0n) is 7.15. The summed E-state index contributed by atoms with van der Waals surface area (Å²) in [5.41, 5.74) is 0. The number of benzene rings is 1. The van der Waals surface area contributed by atoms with Crippen molar-refractivity contribution in [3.63, 3.8) is 0 Å². The number of hydrogen-bond acceptors (Lipinski definition) is 4. The molecule has 4 nitrogen and oxygen atoms in total. The van der Waals surface area contributed by atoms with Gasteiger partial charge in [-0.15, -0.1) is 0 Å². The molecule has 14 heavy (non-hydrogen) atoms. The zero-order chi connectivity index (χ0) is 10.8. The van der Waals surface area contributed by atoms with Crippen LogP contribution in [-0.4, -0.2) is 14.4 Å². The molecule has 1 radical (unpaired) electrons. The van der Waals surface area contributed by atoms with E-state index >= 15 is 0 Å². The number of halogens is 1. The summed E-state index contributed by atoms with van der Waals surface area (Å²) in [6.07, 6.45) is 0. The molecule has 1 aromatic rings. The van der Waals surface area contributed by atoms with Crippen LogP contribution < -0.4 is 4.74 Å². The van der Waals surface area contributed by atoms with Gasteiger partial charge in [0.2, 0.25) is 0 Å². The Morgan fingerprint density at radius 3 is 2.71 bits per heavy atom. The fourth-order valence-corrected chi connectivity index (χ4v) is 1.53.